The van der Waals surface area contributed by atoms with Crippen molar-refractivity contribution < 1.29 is 13.3 Å². The molecule has 0 spiro atoms. The molecule has 7 heteroatoms. The molecule has 106 valence electrons. The fraction of sp³-hybridized carbons (Fsp3) is 0.500. The highest BCUT2D eigenvalue weighted by molar-refractivity contribution is 7.91. The molecule has 1 atom stereocenters. The van der Waals surface area contributed by atoms with Crippen molar-refractivity contribution in [3.8, 4) is 0 Å². The zero-order valence-electron chi connectivity index (χ0n) is 10.8. The van der Waals surface area contributed by atoms with Crippen LogP contribution in [0.1, 0.15) is 26.2 Å². The van der Waals surface area contributed by atoms with Crippen molar-refractivity contribution in [2.75, 3.05) is 5.75 Å². The van der Waals surface area contributed by atoms with E-state index in [2.05, 4.69) is 0 Å². The summed E-state index contributed by atoms with van der Waals surface area (Å²) in [7, 11) is -3.36. The second kappa shape index (κ2) is 6.63. The van der Waals surface area contributed by atoms with Crippen molar-refractivity contribution in [3.05, 3.63) is 34.4 Å². The van der Waals surface area contributed by atoms with Crippen LogP contribution in [-0.2, 0) is 9.84 Å². The number of sulfone groups is 1. The summed E-state index contributed by atoms with van der Waals surface area (Å²) >= 11 is 0. The van der Waals surface area contributed by atoms with Crippen LogP contribution >= 0.6 is 0 Å². The van der Waals surface area contributed by atoms with Gasteiger partial charge in [0.25, 0.3) is 5.69 Å². The predicted molar refractivity (Wildman–Crippen MR) is 72.6 cm³/mol. The van der Waals surface area contributed by atoms with E-state index in [1.807, 2.05) is 6.92 Å². The van der Waals surface area contributed by atoms with Gasteiger partial charge in [-0.15, -0.1) is 0 Å². The van der Waals surface area contributed by atoms with Gasteiger partial charge in [0.2, 0.25) is 0 Å². The maximum atomic E-state index is 12.0. The SMILES string of the molecule is CC(N)CCCCS(=O)(=O)c1ccc([N+](=O)[O-])cc1. The number of nitrogens with zero attached hydrogens (tertiary/aromatic N) is 1. The highest BCUT2D eigenvalue weighted by atomic mass is 32.2. The summed E-state index contributed by atoms with van der Waals surface area (Å²) in [6.07, 6.45) is 2.08. The normalized spacial score (nSPS) is 13.2. The molecular formula is C12H18N2O4S. The Hall–Kier alpha value is -1.47. The Morgan fingerprint density at radius 1 is 1.26 bits per heavy atom. The molecule has 0 aromatic heterocycles. The van der Waals surface area contributed by atoms with Crippen LogP contribution in [0.3, 0.4) is 0 Å². The van der Waals surface area contributed by atoms with Gasteiger partial charge in [0.05, 0.1) is 15.6 Å². The molecular weight excluding hydrogens is 268 g/mol. The third-order valence-corrected chi connectivity index (χ3v) is 4.55. The lowest BCUT2D eigenvalue weighted by Crippen LogP contribution is -2.15. The number of nitrogens with two attached hydrogens (primary N) is 1. The Kier molecular flexibility index (Phi) is 5.44. The third-order valence-electron chi connectivity index (χ3n) is 2.73. The predicted octanol–water partition coefficient (Wildman–Crippen LogP) is 1.89. The van der Waals surface area contributed by atoms with E-state index in [4.69, 9.17) is 5.73 Å². The fourth-order valence-electron chi connectivity index (χ4n) is 1.65. The highest BCUT2D eigenvalue weighted by Crippen LogP contribution is 2.18. The van der Waals surface area contributed by atoms with Crippen LogP contribution in [0.2, 0.25) is 0 Å². The summed E-state index contributed by atoms with van der Waals surface area (Å²) in [6, 6.07) is 5.03. The van der Waals surface area contributed by atoms with Crippen LogP contribution in [0, 0.1) is 10.1 Å². The molecule has 1 unspecified atom stereocenters. The molecule has 0 amide bonds. The quantitative estimate of drug-likeness (QED) is 0.468. The minimum atomic E-state index is -3.36. The van der Waals surface area contributed by atoms with Crippen molar-refractivity contribution in [2.45, 2.75) is 37.1 Å². The molecule has 0 bridgehead atoms. The third kappa shape index (κ3) is 4.96. The molecule has 19 heavy (non-hydrogen) atoms. The number of nitro groups is 1. The average molecular weight is 286 g/mol. The van der Waals surface area contributed by atoms with Crippen LogP contribution in [0.5, 0.6) is 0 Å². The molecule has 0 fully saturated rings. The van der Waals surface area contributed by atoms with Crippen molar-refractivity contribution in [1.29, 1.82) is 0 Å². The van der Waals surface area contributed by atoms with Crippen LogP contribution in [0.15, 0.2) is 29.2 Å². The highest BCUT2D eigenvalue weighted by Gasteiger charge is 2.15. The molecule has 0 aliphatic heterocycles. The van der Waals surface area contributed by atoms with Gasteiger partial charge >= 0.3 is 0 Å². The van der Waals surface area contributed by atoms with Gasteiger partial charge < -0.3 is 5.73 Å². The Balaban J connectivity index is 2.64. The number of hydrogen-bond acceptors (Lipinski definition) is 5. The lowest BCUT2D eigenvalue weighted by atomic mass is 10.2. The molecule has 0 aliphatic rings. The van der Waals surface area contributed by atoms with E-state index in [9.17, 15) is 18.5 Å². The number of benzene rings is 1. The first kappa shape index (κ1) is 15.6. The van der Waals surface area contributed by atoms with Gasteiger partial charge in [0.1, 0.15) is 0 Å². The number of unbranched alkanes of at least 4 members (excludes halogenated alkanes) is 1. The molecule has 1 aromatic rings. The second-order valence-corrected chi connectivity index (χ2v) is 6.65. The van der Waals surface area contributed by atoms with Crippen molar-refractivity contribution in [2.24, 2.45) is 5.73 Å². The molecule has 6 nitrogen and oxygen atoms in total. The molecule has 0 radical (unpaired) electrons. The van der Waals surface area contributed by atoms with Crippen LogP contribution in [-0.4, -0.2) is 25.1 Å². The van der Waals surface area contributed by atoms with Gasteiger partial charge in [-0.1, -0.05) is 6.42 Å². The van der Waals surface area contributed by atoms with E-state index in [0.29, 0.717) is 6.42 Å². The first-order valence-corrected chi connectivity index (χ1v) is 7.71. The summed E-state index contributed by atoms with van der Waals surface area (Å²) in [5.74, 6) is 0.0392. The fourth-order valence-corrected chi connectivity index (χ4v) is 3.02. The van der Waals surface area contributed by atoms with Crippen molar-refractivity contribution in [1.82, 2.24) is 0 Å². The number of rotatable bonds is 7. The maximum absolute atomic E-state index is 12.0. The molecule has 0 saturated heterocycles. The van der Waals surface area contributed by atoms with Crippen LogP contribution in [0.4, 0.5) is 5.69 Å². The van der Waals surface area contributed by atoms with E-state index < -0.39 is 14.8 Å². The molecule has 0 aliphatic carbocycles. The summed E-state index contributed by atoms with van der Waals surface area (Å²) in [5.41, 5.74) is 5.47. The average Bonchev–Trinajstić information content (AvgIpc) is 2.34. The molecule has 2 N–H and O–H groups in total. The van der Waals surface area contributed by atoms with E-state index >= 15 is 0 Å². The van der Waals surface area contributed by atoms with Gasteiger partial charge in [-0.25, -0.2) is 8.42 Å². The first-order valence-electron chi connectivity index (χ1n) is 6.06. The first-order chi connectivity index (χ1) is 8.83. The topological polar surface area (TPSA) is 103 Å². The van der Waals surface area contributed by atoms with E-state index in [1.165, 1.54) is 24.3 Å². The molecule has 0 heterocycles. The summed E-state index contributed by atoms with van der Waals surface area (Å²) < 4.78 is 23.9. The van der Waals surface area contributed by atoms with E-state index in [1.54, 1.807) is 0 Å². The largest absolute Gasteiger partial charge is 0.328 e. The van der Waals surface area contributed by atoms with Crippen LogP contribution < -0.4 is 5.73 Å². The Morgan fingerprint density at radius 2 is 1.84 bits per heavy atom. The Bertz CT molecular complexity index is 523. The lowest BCUT2D eigenvalue weighted by molar-refractivity contribution is -0.384. The Labute approximate surface area is 112 Å². The van der Waals surface area contributed by atoms with Gasteiger partial charge in [-0.2, -0.15) is 0 Å². The van der Waals surface area contributed by atoms with Crippen molar-refractivity contribution in [3.63, 3.8) is 0 Å². The smallest absolute Gasteiger partial charge is 0.269 e. The van der Waals surface area contributed by atoms with Gasteiger partial charge in [-0.05, 0) is 31.9 Å². The zero-order chi connectivity index (χ0) is 14.5. The Morgan fingerprint density at radius 3 is 2.32 bits per heavy atom. The standard InChI is InChI=1S/C12H18N2O4S/c1-10(13)4-2-3-9-19(17,18)12-7-5-11(6-8-12)14(15)16/h5-8,10H,2-4,9,13H2,1H3. The summed E-state index contributed by atoms with van der Waals surface area (Å²) in [4.78, 5) is 10.0. The maximum Gasteiger partial charge on any atom is 0.269 e. The van der Waals surface area contributed by atoms with Gasteiger partial charge in [0, 0.05) is 18.2 Å². The van der Waals surface area contributed by atoms with Crippen LogP contribution in [0.25, 0.3) is 0 Å². The monoisotopic (exact) mass is 286 g/mol. The minimum absolute atomic E-state index is 0.0392. The lowest BCUT2D eigenvalue weighted by Gasteiger charge is -2.06. The summed E-state index contributed by atoms with van der Waals surface area (Å²) in [6.45, 7) is 1.88. The van der Waals surface area contributed by atoms with E-state index in [0.717, 1.165) is 12.8 Å². The van der Waals surface area contributed by atoms with Gasteiger partial charge in [-0.3, -0.25) is 10.1 Å². The molecule has 0 saturated carbocycles. The van der Waals surface area contributed by atoms with Crippen molar-refractivity contribution >= 4 is 15.5 Å². The molecule has 1 rings (SSSR count). The van der Waals surface area contributed by atoms with Gasteiger partial charge in [0.15, 0.2) is 9.84 Å². The minimum Gasteiger partial charge on any atom is -0.328 e. The number of non-ortho nitro benzene ring substituents is 1. The number of nitro benzene ring substituents is 1. The number of hydrogen-bond donors (Lipinski definition) is 1. The van der Waals surface area contributed by atoms with E-state index in [-0.39, 0.29) is 22.4 Å². The summed E-state index contributed by atoms with van der Waals surface area (Å²) in [5, 5.41) is 10.5. The molecule has 1 aromatic carbocycles. The second-order valence-electron chi connectivity index (χ2n) is 4.54. The zero-order valence-corrected chi connectivity index (χ0v) is 11.6.